The first-order chi connectivity index (χ1) is 10.1. The Labute approximate surface area is 137 Å². The summed E-state index contributed by atoms with van der Waals surface area (Å²) in [4.78, 5) is 6.75. The molecule has 0 spiro atoms. The van der Waals surface area contributed by atoms with Crippen LogP contribution >= 0.6 is 11.3 Å². The smallest absolute Gasteiger partial charge is 0.209 e. The molecule has 126 valence electrons. The van der Waals surface area contributed by atoms with E-state index >= 15 is 0 Å². The molecular formula is C14H26N4O2S2. The SMILES string of the molecule is CCc1ccc(CNC(=NC)NCC(C)(C)NS(C)(=O)=O)s1. The van der Waals surface area contributed by atoms with Gasteiger partial charge in [-0.3, -0.25) is 4.99 Å². The average molecular weight is 347 g/mol. The molecule has 0 atom stereocenters. The maximum absolute atomic E-state index is 11.3. The molecule has 0 saturated carbocycles. The quantitative estimate of drug-likeness (QED) is 0.513. The van der Waals surface area contributed by atoms with Crippen molar-refractivity contribution in [1.82, 2.24) is 15.4 Å². The fourth-order valence-corrected chi connectivity index (χ4v) is 3.92. The van der Waals surface area contributed by atoms with Gasteiger partial charge in [0.1, 0.15) is 0 Å². The minimum atomic E-state index is -3.24. The lowest BCUT2D eigenvalue weighted by Gasteiger charge is -2.26. The Morgan fingerprint density at radius 3 is 2.41 bits per heavy atom. The molecule has 6 nitrogen and oxygen atoms in total. The lowest BCUT2D eigenvalue weighted by molar-refractivity contribution is 0.446. The molecule has 0 aliphatic heterocycles. The van der Waals surface area contributed by atoms with E-state index < -0.39 is 15.6 Å². The Morgan fingerprint density at radius 2 is 1.91 bits per heavy atom. The van der Waals surface area contributed by atoms with Gasteiger partial charge in [0, 0.05) is 28.9 Å². The van der Waals surface area contributed by atoms with Gasteiger partial charge >= 0.3 is 0 Å². The summed E-state index contributed by atoms with van der Waals surface area (Å²) in [7, 11) is -1.55. The van der Waals surface area contributed by atoms with Crippen molar-refractivity contribution in [3.63, 3.8) is 0 Å². The highest BCUT2D eigenvalue weighted by Gasteiger charge is 2.22. The van der Waals surface area contributed by atoms with Crippen LogP contribution in [0.5, 0.6) is 0 Å². The highest BCUT2D eigenvalue weighted by atomic mass is 32.2. The molecule has 0 aliphatic rings. The van der Waals surface area contributed by atoms with Crippen molar-refractivity contribution in [2.24, 2.45) is 4.99 Å². The number of rotatable bonds is 7. The normalized spacial score (nSPS) is 13.2. The van der Waals surface area contributed by atoms with Crippen LogP contribution in [0.25, 0.3) is 0 Å². The van der Waals surface area contributed by atoms with Crippen LogP contribution in [0.1, 0.15) is 30.5 Å². The van der Waals surface area contributed by atoms with Gasteiger partial charge in [0.2, 0.25) is 10.0 Å². The van der Waals surface area contributed by atoms with Crippen LogP contribution in [0.4, 0.5) is 0 Å². The summed E-state index contributed by atoms with van der Waals surface area (Å²) in [5, 5.41) is 6.37. The number of thiophene rings is 1. The first kappa shape index (κ1) is 18.9. The predicted octanol–water partition coefficient (Wildman–Crippen LogP) is 1.30. The zero-order chi connectivity index (χ0) is 16.8. The van der Waals surface area contributed by atoms with E-state index in [1.807, 2.05) is 13.8 Å². The van der Waals surface area contributed by atoms with Gasteiger partial charge in [0.15, 0.2) is 5.96 Å². The largest absolute Gasteiger partial charge is 0.355 e. The minimum Gasteiger partial charge on any atom is -0.355 e. The number of aliphatic imine (C=N–C) groups is 1. The molecule has 0 radical (unpaired) electrons. The summed E-state index contributed by atoms with van der Waals surface area (Å²) in [6, 6.07) is 4.25. The van der Waals surface area contributed by atoms with Gasteiger partial charge in [-0.05, 0) is 32.4 Å². The van der Waals surface area contributed by atoms with Crippen LogP contribution in [0.2, 0.25) is 0 Å². The predicted molar refractivity (Wildman–Crippen MR) is 94.0 cm³/mol. The van der Waals surface area contributed by atoms with Crippen LogP contribution < -0.4 is 15.4 Å². The summed E-state index contributed by atoms with van der Waals surface area (Å²) in [6.07, 6.45) is 2.20. The maximum atomic E-state index is 11.3. The Hall–Kier alpha value is -1.12. The molecule has 22 heavy (non-hydrogen) atoms. The Morgan fingerprint density at radius 1 is 1.27 bits per heavy atom. The van der Waals surface area contributed by atoms with Crippen molar-refractivity contribution in [3.05, 3.63) is 21.9 Å². The molecule has 0 unspecified atom stereocenters. The summed E-state index contributed by atoms with van der Waals surface area (Å²) in [6.45, 7) is 6.91. The third-order valence-electron chi connectivity index (χ3n) is 2.88. The monoisotopic (exact) mass is 346 g/mol. The fourth-order valence-electron chi connectivity index (χ4n) is 1.94. The summed E-state index contributed by atoms with van der Waals surface area (Å²) >= 11 is 1.78. The molecule has 0 bridgehead atoms. The first-order valence-corrected chi connectivity index (χ1v) is 9.87. The molecule has 1 rings (SSSR count). The van der Waals surface area contributed by atoms with E-state index in [0.717, 1.165) is 12.7 Å². The van der Waals surface area contributed by atoms with E-state index in [1.54, 1.807) is 18.4 Å². The molecule has 1 heterocycles. The van der Waals surface area contributed by atoms with Crippen LogP contribution in [0.15, 0.2) is 17.1 Å². The summed E-state index contributed by atoms with van der Waals surface area (Å²) < 4.78 is 25.2. The lowest BCUT2D eigenvalue weighted by atomic mass is 10.1. The Balaban J connectivity index is 2.48. The number of hydrogen-bond acceptors (Lipinski definition) is 4. The van der Waals surface area contributed by atoms with E-state index in [-0.39, 0.29) is 0 Å². The van der Waals surface area contributed by atoms with Crippen molar-refractivity contribution in [3.8, 4) is 0 Å². The maximum Gasteiger partial charge on any atom is 0.209 e. The van der Waals surface area contributed by atoms with Gasteiger partial charge in [-0.25, -0.2) is 13.1 Å². The summed E-state index contributed by atoms with van der Waals surface area (Å²) in [5.74, 6) is 0.648. The summed E-state index contributed by atoms with van der Waals surface area (Å²) in [5.41, 5.74) is -0.594. The Kier molecular flexibility index (Phi) is 6.83. The number of hydrogen-bond donors (Lipinski definition) is 3. The standard InChI is InChI=1S/C14H26N4O2S2/c1-6-11-7-8-12(21-11)9-16-13(15-4)17-10-14(2,3)18-22(5,19)20/h7-8,18H,6,9-10H2,1-5H3,(H2,15,16,17). The fraction of sp³-hybridized carbons (Fsp3) is 0.643. The second-order valence-electron chi connectivity index (χ2n) is 5.76. The van der Waals surface area contributed by atoms with Gasteiger partial charge in [0.25, 0.3) is 0 Å². The number of aryl methyl sites for hydroxylation is 1. The average Bonchev–Trinajstić information content (AvgIpc) is 2.84. The van der Waals surface area contributed by atoms with E-state index in [2.05, 4.69) is 39.4 Å². The zero-order valence-electron chi connectivity index (χ0n) is 13.9. The van der Waals surface area contributed by atoms with Gasteiger partial charge in [-0.15, -0.1) is 11.3 Å². The van der Waals surface area contributed by atoms with Gasteiger partial charge < -0.3 is 10.6 Å². The van der Waals surface area contributed by atoms with Crippen molar-refractivity contribution >= 4 is 27.3 Å². The number of sulfonamides is 1. The third-order valence-corrected chi connectivity index (χ3v) is 5.03. The second-order valence-corrected chi connectivity index (χ2v) is 8.76. The molecular weight excluding hydrogens is 320 g/mol. The van der Waals surface area contributed by atoms with Crippen molar-refractivity contribution in [2.45, 2.75) is 39.3 Å². The van der Waals surface area contributed by atoms with Crippen LogP contribution in [-0.4, -0.2) is 39.8 Å². The zero-order valence-corrected chi connectivity index (χ0v) is 15.5. The van der Waals surface area contributed by atoms with Crippen molar-refractivity contribution in [2.75, 3.05) is 19.8 Å². The van der Waals surface area contributed by atoms with Crippen LogP contribution in [0.3, 0.4) is 0 Å². The molecule has 0 fully saturated rings. The molecule has 8 heteroatoms. The Bertz CT molecular complexity index is 606. The van der Waals surface area contributed by atoms with Crippen molar-refractivity contribution < 1.29 is 8.42 Å². The lowest BCUT2D eigenvalue weighted by Crippen LogP contribution is -2.52. The molecule has 0 aliphatic carbocycles. The van der Waals surface area contributed by atoms with E-state index in [0.29, 0.717) is 19.0 Å². The minimum absolute atomic E-state index is 0.435. The van der Waals surface area contributed by atoms with Crippen LogP contribution in [0, 0.1) is 0 Å². The molecule has 1 aromatic rings. The van der Waals surface area contributed by atoms with Crippen molar-refractivity contribution in [1.29, 1.82) is 0 Å². The molecule has 3 N–H and O–H groups in total. The number of nitrogens with zero attached hydrogens (tertiary/aromatic N) is 1. The van der Waals surface area contributed by atoms with E-state index in [1.165, 1.54) is 9.75 Å². The van der Waals surface area contributed by atoms with E-state index in [4.69, 9.17) is 0 Å². The highest BCUT2D eigenvalue weighted by molar-refractivity contribution is 7.88. The van der Waals surface area contributed by atoms with Crippen LogP contribution in [-0.2, 0) is 23.0 Å². The molecule has 0 saturated heterocycles. The molecule has 1 aromatic heterocycles. The second kappa shape index (κ2) is 7.94. The third kappa shape index (κ3) is 7.24. The number of nitrogens with one attached hydrogen (secondary N) is 3. The van der Waals surface area contributed by atoms with Gasteiger partial charge in [-0.1, -0.05) is 6.92 Å². The molecule has 0 aromatic carbocycles. The van der Waals surface area contributed by atoms with E-state index in [9.17, 15) is 8.42 Å². The highest BCUT2D eigenvalue weighted by Crippen LogP contribution is 2.16. The topological polar surface area (TPSA) is 82.6 Å². The van der Waals surface area contributed by atoms with Gasteiger partial charge in [-0.2, -0.15) is 0 Å². The molecule has 0 amide bonds. The first-order valence-electron chi connectivity index (χ1n) is 7.16. The number of guanidine groups is 1. The van der Waals surface area contributed by atoms with Gasteiger partial charge in [0.05, 0.1) is 12.8 Å².